The number of anilines is 1. The number of fused-ring (bicyclic) bond motifs is 2. The van der Waals surface area contributed by atoms with Crippen molar-refractivity contribution in [3.05, 3.63) is 87.9 Å². The monoisotopic (exact) mass is 500 g/mol. The van der Waals surface area contributed by atoms with Gasteiger partial charge in [0.1, 0.15) is 11.3 Å². The Balaban J connectivity index is 1.43. The van der Waals surface area contributed by atoms with Crippen molar-refractivity contribution in [1.82, 2.24) is 4.98 Å². The van der Waals surface area contributed by atoms with Gasteiger partial charge in [0.15, 0.2) is 5.58 Å². The zero-order valence-corrected chi connectivity index (χ0v) is 20.0. The van der Waals surface area contributed by atoms with Gasteiger partial charge >= 0.3 is 0 Å². The van der Waals surface area contributed by atoms with E-state index >= 15 is 0 Å². The minimum Gasteiger partial charge on any atom is -0.495 e. The molecule has 5 nitrogen and oxygen atoms in total. The molecule has 6 heteroatoms. The SMILES string of the molecule is COc1c(C(=O)Nc2ccc(-c3nc4cc(C)cc(C)c4o3)cc2)cc2ccccc2c1Br. The first kappa shape index (κ1) is 21.2. The maximum absolute atomic E-state index is 13.1. The van der Waals surface area contributed by atoms with Crippen molar-refractivity contribution in [2.45, 2.75) is 13.8 Å². The number of carbonyl (C=O) groups excluding carboxylic acids is 1. The highest BCUT2D eigenvalue weighted by Gasteiger charge is 2.18. The summed E-state index contributed by atoms with van der Waals surface area (Å²) in [5.74, 6) is 0.802. The first-order valence-corrected chi connectivity index (χ1v) is 11.3. The third-order valence-corrected chi connectivity index (χ3v) is 6.39. The van der Waals surface area contributed by atoms with Crippen LogP contribution in [0, 0.1) is 13.8 Å². The van der Waals surface area contributed by atoms with E-state index in [0.717, 1.165) is 43.0 Å². The van der Waals surface area contributed by atoms with Gasteiger partial charge in [0.25, 0.3) is 5.91 Å². The molecule has 0 aliphatic heterocycles. The van der Waals surface area contributed by atoms with Gasteiger partial charge in [-0.2, -0.15) is 0 Å². The number of aromatic nitrogens is 1. The summed E-state index contributed by atoms with van der Waals surface area (Å²) in [5.41, 5.74) is 5.80. The third-order valence-electron chi connectivity index (χ3n) is 5.60. The molecule has 4 aromatic carbocycles. The molecule has 5 rings (SSSR count). The van der Waals surface area contributed by atoms with E-state index in [9.17, 15) is 4.79 Å². The number of hydrogen-bond acceptors (Lipinski definition) is 4. The number of benzene rings is 4. The molecule has 0 atom stereocenters. The highest BCUT2D eigenvalue weighted by Crippen LogP contribution is 2.37. The van der Waals surface area contributed by atoms with Gasteiger partial charge in [-0.05, 0) is 88.1 Å². The minimum atomic E-state index is -0.251. The average Bonchev–Trinajstić information content (AvgIpc) is 3.24. The van der Waals surface area contributed by atoms with Gasteiger partial charge in [-0.1, -0.05) is 30.3 Å². The van der Waals surface area contributed by atoms with Gasteiger partial charge < -0.3 is 14.5 Å². The lowest BCUT2D eigenvalue weighted by Crippen LogP contribution is -2.13. The molecular formula is C27H21BrN2O3. The van der Waals surface area contributed by atoms with Crippen LogP contribution in [0.25, 0.3) is 33.3 Å². The van der Waals surface area contributed by atoms with Crippen LogP contribution in [0.1, 0.15) is 21.5 Å². The summed E-state index contributed by atoms with van der Waals surface area (Å²) in [5, 5.41) is 4.89. The number of aryl methyl sites for hydroxylation is 2. The maximum Gasteiger partial charge on any atom is 0.259 e. The fraction of sp³-hybridized carbons (Fsp3) is 0.111. The van der Waals surface area contributed by atoms with Gasteiger partial charge in [0.2, 0.25) is 5.89 Å². The molecule has 0 spiro atoms. The van der Waals surface area contributed by atoms with Crippen molar-refractivity contribution < 1.29 is 13.9 Å². The van der Waals surface area contributed by atoms with Crippen LogP contribution in [-0.4, -0.2) is 18.0 Å². The van der Waals surface area contributed by atoms with E-state index in [1.807, 2.05) is 74.5 Å². The molecule has 0 unspecified atom stereocenters. The number of nitrogens with one attached hydrogen (secondary N) is 1. The van der Waals surface area contributed by atoms with E-state index in [1.165, 1.54) is 0 Å². The van der Waals surface area contributed by atoms with Crippen molar-refractivity contribution in [2.75, 3.05) is 12.4 Å². The number of ether oxygens (including phenoxy) is 1. The normalized spacial score (nSPS) is 11.2. The molecular weight excluding hydrogens is 480 g/mol. The molecule has 0 saturated heterocycles. The second kappa shape index (κ2) is 8.37. The van der Waals surface area contributed by atoms with Crippen LogP contribution in [0.3, 0.4) is 0 Å². The summed E-state index contributed by atoms with van der Waals surface area (Å²) in [6.45, 7) is 4.06. The number of hydrogen-bond donors (Lipinski definition) is 1. The van der Waals surface area contributed by atoms with E-state index < -0.39 is 0 Å². The molecule has 0 aliphatic rings. The lowest BCUT2D eigenvalue weighted by molar-refractivity contribution is 0.102. The number of amides is 1. The molecule has 164 valence electrons. The quantitative estimate of drug-likeness (QED) is 0.281. The molecule has 1 amide bonds. The molecule has 0 aliphatic carbocycles. The Morgan fingerprint density at radius 2 is 1.79 bits per heavy atom. The number of carbonyl (C=O) groups is 1. The van der Waals surface area contributed by atoms with Crippen molar-refractivity contribution in [3.8, 4) is 17.2 Å². The van der Waals surface area contributed by atoms with E-state index in [1.54, 1.807) is 7.11 Å². The van der Waals surface area contributed by atoms with Gasteiger partial charge in [-0.3, -0.25) is 4.79 Å². The Morgan fingerprint density at radius 1 is 1.03 bits per heavy atom. The van der Waals surface area contributed by atoms with Gasteiger partial charge in [-0.15, -0.1) is 0 Å². The van der Waals surface area contributed by atoms with Crippen LogP contribution in [-0.2, 0) is 0 Å². The number of oxazole rings is 1. The Bertz CT molecular complexity index is 1520. The van der Waals surface area contributed by atoms with Crippen molar-refractivity contribution in [2.24, 2.45) is 0 Å². The lowest BCUT2D eigenvalue weighted by Gasteiger charge is -2.13. The predicted octanol–water partition coefficient (Wildman–Crippen LogP) is 7.29. The van der Waals surface area contributed by atoms with Crippen molar-refractivity contribution in [1.29, 1.82) is 0 Å². The topological polar surface area (TPSA) is 64.4 Å². The molecule has 5 aromatic rings. The summed E-state index contributed by atoms with van der Waals surface area (Å²) in [6, 6.07) is 21.2. The van der Waals surface area contributed by atoms with Gasteiger partial charge in [-0.25, -0.2) is 4.98 Å². The van der Waals surface area contributed by atoms with E-state index in [-0.39, 0.29) is 5.91 Å². The summed E-state index contributed by atoms with van der Waals surface area (Å²) >= 11 is 3.58. The van der Waals surface area contributed by atoms with Crippen LogP contribution < -0.4 is 10.1 Å². The van der Waals surface area contributed by atoms with Crippen LogP contribution in [0.15, 0.2) is 75.6 Å². The number of rotatable bonds is 4. The molecule has 33 heavy (non-hydrogen) atoms. The molecule has 0 fully saturated rings. The molecule has 0 saturated carbocycles. The summed E-state index contributed by atoms with van der Waals surface area (Å²) in [6.07, 6.45) is 0. The smallest absolute Gasteiger partial charge is 0.259 e. The highest BCUT2D eigenvalue weighted by molar-refractivity contribution is 9.10. The minimum absolute atomic E-state index is 0.251. The van der Waals surface area contributed by atoms with Crippen LogP contribution in [0.2, 0.25) is 0 Å². The van der Waals surface area contributed by atoms with E-state index in [4.69, 9.17) is 9.15 Å². The van der Waals surface area contributed by atoms with Crippen LogP contribution in [0.4, 0.5) is 5.69 Å². The van der Waals surface area contributed by atoms with E-state index in [2.05, 4.69) is 32.3 Å². The molecule has 1 heterocycles. The van der Waals surface area contributed by atoms with Gasteiger partial charge in [0, 0.05) is 11.3 Å². The second-order valence-electron chi connectivity index (χ2n) is 7.97. The summed E-state index contributed by atoms with van der Waals surface area (Å²) in [7, 11) is 1.56. The molecule has 1 N–H and O–H groups in total. The molecule has 0 bridgehead atoms. The number of halogens is 1. The Hall–Kier alpha value is -3.64. The fourth-order valence-electron chi connectivity index (χ4n) is 4.05. The maximum atomic E-state index is 13.1. The number of nitrogens with zero attached hydrogens (tertiary/aromatic N) is 1. The zero-order chi connectivity index (χ0) is 23.1. The standard InChI is InChI=1S/C27H21BrN2O3/c1-15-12-16(2)24-22(13-15)30-27(33-24)17-8-10-19(11-9-17)29-26(31)21-14-18-6-4-5-7-20(18)23(28)25(21)32-3/h4-14H,1-3H3,(H,29,31). The molecule has 0 radical (unpaired) electrons. The predicted molar refractivity (Wildman–Crippen MR) is 135 cm³/mol. The van der Waals surface area contributed by atoms with Gasteiger partial charge in [0.05, 0.1) is 17.1 Å². The number of methoxy groups -OCH3 is 1. The Morgan fingerprint density at radius 3 is 2.55 bits per heavy atom. The third kappa shape index (κ3) is 3.87. The molecule has 1 aromatic heterocycles. The summed E-state index contributed by atoms with van der Waals surface area (Å²) in [4.78, 5) is 17.7. The van der Waals surface area contributed by atoms with Crippen molar-refractivity contribution in [3.63, 3.8) is 0 Å². The Labute approximate surface area is 199 Å². The zero-order valence-electron chi connectivity index (χ0n) is 18.4. The van der Waals surface area contributed by atoms with Crippen LogP contribution in [0.5, 0.6) is 5.75 Å². The van der Waals surface area contributed by atoms with Crippen molar-refractivity contribution >= 4 is 49.4 Å². The second-order valence-corrected chi connectivity index (χ2v) is 8.77. The van der Waals surface area contributed by atoms with E-state index in [0.29, 0.717) is 22.9 Å². The lowest BCUT2D eigenvalue weighted by atomic mass is 10.0. The highest BCUT2D eigenvalue weighted by atomic mass is 79.9. The average molecular weight is 501 g/mol. The largest absolute Gasteiger partial charge is 0.495 e. The Kier molecular flexibility index (Phi) is 5.38. The van der Waals surface area contributed by atoms with Crippen LogP contribution >= 0.6 is 15.9 Å². The fourth-order valence-corrected chi connectivity index (χ4v) is 4.78. The first-order chi connectivity index (χ1) is 15.9. The summed E-state index contributed by atoms with van der Waals surface area (Å²) < 4.78 is 12.3. The first-order valence-electron chi connectivity index (χ1n) is 10.5.